The summed E-state index contributed by atoms with van der Waals surface area (Å²) in [6, 6.07) is 0. The number of hydrogen-bond donors (Lipinski definition) is 0. The zero-order valence-corrected chi connectivity index (χ0v) is 18.7. The third-order valence-electron chi connectivity index (χ3n) is 2.37. The molecule has 0 aliphatic rings. The Morgan fingerprint density at radius 3 is 1.31 bits per heavy atom. The van der Waals surface area contributed by atoms with Gasteiger partial charge in [-0.3, -0.25) is 0 Å². The summed E-state index contributed by atoms with van der Waals surface area (Å²) in [7, 11) is 0. The number of rotatable bonds is 4. The minimum absolute atomic E-state index is 0.160. The van der Waals surface area contributed by atoms with Crippen LogP contribution in [0.15, 0.2) is 0 Å². The van der Waals surface area contributed by atoms with E-state index in [9.17, 15) is 4.79 Å². The van der Waals surface area contributed by atoms with Crippen LogP contribution in [0.5, 0.6) is 0 Å². The summed E-state index contributed by atoms with van der Waals surface area (Å²) in [5.74, 6) is 20.6. The van der Waals surface area contributed by atoms with E-state index in [-0.39, 0.29) is 5.97 Å². The summed E-state index contributed by atoms with van der Waals surface area (Å²) in [5.41, 5.74) is 0. The second-order valence-electron chi connectivity index (χ2n) is 7.70. The van der Waals surface area contributed by atoms with Crippen LogP contribution in [-0.4, -0.2) is 46.1 Å². The molecule has 0 atom stereocenters. The Kier molecular flexibility index (Phi) is 5.76. The monoisotopic (exact) mass is 414 g/mol. The molecule has 0 heterocycles. The molecule has 0 saturated heterocycles. The van der Waals surface area contributed by atoms with Crippen molar-refractivity contribution < 1.29 is 8.56 Å². The molecule has 5 heteroatoms. The Morgan fingerprint density at radius 1 is 0.812 bits per heavy atom. The first-order valence-electron chi connectivity index (χ1n) is 5.98. The third kappa shape index (κ3) is 6.15. The molecule has 96 valence electrons. The van der Waals surface area contributed by atoms with Gasteiger partial charge in [0.2, 0.25) is 0 Å². The molecular weight excluding hydrogens is 382 g/mol. The van der Waals surface area contributed by atoms with Crippen molar-refractivity contribution >= 4 is 46.1 Å². The molecule has 0 amide bonds. The molecule has 0 aromatic carbocycles. The molecule has 16 heavy (non-hydrogen) atoms. The van der Waals surface area contributed by atoms with Gasteiger partial charge in [-0.25, -0.2) is 0 Å². The minimum atomic E-state index is -2.21. The Bertz CT molecular complexity index is 242. The van der Waals surface area contributed by atoms with Gasteiger partial charge in [-0.15, -0.1) is 0 Å². The Hall–Kier alpha value is 1.10. The first-order chi connectivity index (χ1) is 6.75. The predicted molar refractivity (Wildman–Crippen MR) is 79.9 cm³/mol. The second kappa shape index (κ2) is 5.39. The topological polar surface area (TPSA) is 26.3 Å². The SMILES string of the molecule is [CH3][Ge]([CH3])([CH3])[O]C(=O)[CH]([Ge]([CH3])([CH3])[CH3])[Ge]([CH3])([CH3])[CH3]. The Labute approximate surface area is 109 Å². The average molecular weight is 410 g/mol. The summed E-state index contributed by atoms with van der Waals surface area (Å²) < 4.78 is 6.12. The molecule has 0 spiro atoms. The summed E-state index contributed by atoms with van der Waals surface area (Å²) in [5, 5.41) is 0. The second-order valence-corrected chi connectivity index (χ2v) is 41.8. The molecular formula is C11H28Ge3O2. The maximum absolute atomic E-state index is 12.4. The Morgan fingerprint density at radius 2 is 1.12 bits per heavy atom. The van der Waals surface area contributed by atoms with Crippen LogP contribution in [0.2, 0.25) is 55.4 Å². The van der Waals surface area contributed by atoms with Crippen molar-refractivity contribution in [3.05, 3.63) is 0 Å². The van der Waals surface area contributed by atoms with Gasteiger partial charge in [0.1, 0.15) is 0 Å². The molecule has 0 aromatic heterocycles. The van der Waals surface area contributed by atoms with Crippen LogP contribution in [-0.2, 0) is 8.56 Å². The van der Waals surface area contributed by atoms with Crippen LogP contribution in [0.3, 0.4) is 0 Å². The van der Waals surface area contributed by atoms with Crippen molar-refractivity contribution in [1.82, 2.24) is 0 Å². The molecule has 0 saturated carbocycles. The molecule has 0 aliphatic carbocycles. The van der Waals surface area contributed by atoms with Crippen molar-refractivity contribution in [3.63, 3.8) is 0 Å². The predicted octanol–water partition coefficient (Wildman–Crippen LogP) is 3.95. The third-order valence-corrected chi connectivity index (χ3v) is 31.2. The van der Waals surface area contributed by atoms with Crippen molar-refractivity contribution in [2.45, 2.75) is 55.4 Å². The number of hydrogen-bond acceptors (Lipinski definition) is 2. The van der Waals surface area contributed by atoms with E-state index in [1.165, 1.54) is 0 Å². The summed E-state index contributed by atoms with van der Waals surface area (Å²) in [6.45, 7) is 0. The quantitative estimate of drug-likeness (QED) is 0.657. The number of carbonyl (C=O) groups is 1. The zero-order chi connectivity index (χ0) is 13.4. The van der Waals surface area contributed by atoms with Crippen LogP contribution in [0.4, 0.5) is 0 Å². The fourth-order valence-corrected chi connectivity index (χ4v) is 41.9. The van der Waals surface area contributed by atoms with Gasteiger partial charge in [0.25, 0.3) is 0 Å². The van der Waals surface area contributed by atoms with Crippen LogP contribution in [0.25, 0.3) is 0 Å². The standard InChI is InChI=1S/C11H28Ge3O2/c1-12(2,3)10(13(4,5)6)11(15)16-14(7,8)9/h10H,1-9H3. The Balaban J connectivity index is 5.03. The maximum atomic E-state index is 12.4. The van der Waals surface area contributed by atoms with Gasteiger partial charge in [-0.2, -0.15) is 0 Å². The van der Waals surface area contributed by atoms with E-state index < -0.39 is 40.1 Å². The van der Waals surface area contributed by atoms with Crippen LogP contribution in [0, 0.1) is 0 Å². The summed E-state index contributed by atoms with van der Waals surface area (Å²) in [4.78, 5) is 12.4. The van der Waals surface area contributed by atoms with E-state index in [4.69, 9.17) is 3.76 Å². The zero-order valence-electron chi connectivity index (χ0n) is 12.4. The molecule has 0 fully saturated rings. The summed E-state index contributed by atoms with van der Waals surface area (Å²) in [6.07, 6.45) is 0. The van der Waals surface area contributed by atoms with Gasteiger partial charge >= 0.3 is 110 Å². The van der Waals surface area contributed by atoms with E-state index in [2.05, 4.69) is 51.8 Å². The fraction of sp³-hybridized carbons (Fsp3) is 0.909. The summed E-state index contributed by atoms with van der Waals surface area (Å²) >= 11 is -6.14. The van der Waals surface area contributed by atoms with Crippen LogP contribution in [0.1, 0.15) is 0 Å². The van der Waals surface area contributed by atoms with Crippen molar-refractivity contribution in [2.24, 2.45) is 0 Å². The van der Waals surface area contributed by atoms with Gasteiger partial charge in [0, 0.05) is 0 Å². The molecule has 0 unspecified atom stereocenters. The molecule has 0 rings (SSSR count). The van der Waals surface area contributed by atoms with Gasteiger partial charge in [0.15, 0.2) is 0 Å². The molecule has 0 aromatic rings. The van der Waals surface area contributed by atoms with Crippen LogP contribution < -0.4 is 0 Å². The van der Waals surface area contributed by atoms with Gasteiger partial charge < -0.3 is 0 Å². The van der Waals surface area contributed by atoms with Gasteiger partial charge in [-0.05, 0) is 0 Å². The van der Waals surface area contributed by atoms with Crippen LogP contribution >= 0.6 is 0 Å². The van der Waals surface area contributed by atoms with E-state index >= 15 is 0 Å². The molecule has 0 radical (unpaired) electrons. The molecule has 0 aliphatic heterocycles. The first-order valence-corrected chi connectivity index (χ1v) is 28.1. The number of carbonyl (C=O) groups excluding carboxylic acids is 1. The first kappa shape index (κ1) is 17.1. The van der Waals surface area contributed by atoms with Crippen molar-refractivity contribution in [2.75, 3.05) is 0 Å². The van der Waals surface area contributed by atoms with Crippen molar-refractivity contribution in [3.8, 4) is 0 Å². The van der Waals surface area contributed by atoms with E-state index in [1.54, 1.807) is 0 Å². The van der Waals surface area contributed by atoms with Crippen molar-refractivity contribution in [1.29, 1.82) is 0 Å². The fourth-order valence-electron chi connectivity index (χ4n) is 2.37. The molecule has 0 N–H and O–H groups in total. The molecule has 0 bridgehead atoms. The normalized spacial score (nSPS) is 14.1. The molecule has 2 nitrogen and oxygen atoms in total. The average Bonchev–Trinajstić information content (AvgIpc) is 1.70. The van der Waals surface area contributed by atoms with E-state index in [0.29, 0.717) is 3.58 Å². The van der Waals surface area contributed by atoms with E-state index in [0.717, 1.165) is 0 Å². The van der Waals surface area contributed by atoms with Gasteiger partial charge in [-0.1, -0.05) is 0 Å². The van der Waals surface area contributed by atoms with Gasteiger partial charge in [0.05, 0.1) is 0 Å². The van der Waals surface area contributed by atoms with E-state index in [1.807, 2.05) is 0 Å².